The van der Waals surface area contributed by atoms with Gasteiger partial charge >= 0.3 is 11.9 Å². The minimum atomic E-state index is -0.889. The number of carbonyl (C=O) groups is 2. The molecule has 26 heavy (non-hydrogen) atoms. The van der Waals surface area contributed by atoms with Crippen molar-refractivity contribution in [2.75, 3.05) is 26.8 Å². The highest BCUT2D eigenvalue weighted by Gasteiger charge is 2.32. The number of nitrogens with zero attached hydrogens (tertiary/aromatic N) is 1. The Morgan fingerprint density at radius 1 is 1.23 bits per heavy atom. The third kappa shape index (κ3) is 4.04. The van der Waals surface area contributed by atoms with Crippen molar-refractivity contribution in [2.45, 2.75) is 43.7 Å². The smallest absolute Gasteiger partial charge is 0.340 e. The Hall–Kier alpha value is -1.99. The van der Waals surface area contributed by atoms with Crippen LogP contribution in [0.4, 0.5) is 4.39 Å². The van der Waals surface area contributed by atoms with Crippen LogP contribution in [0.2, 0.25) is 0 Å². The molecular weight excluding hydrogens is 341 g/mol. The van der Waals surface area contributed by atoms with Crippen molar-refractivity contribution in [3.05, 3.63) is 35.1 Å². The van der Waals surface area contributed by atoms with Crippen LogP contribution in [0.1, 0.15) is 47.5 Å². The molecule has 0 aromatic heterocycles. The predicted molar refractivity (Wildman–Crippen MR) is 91.7 cm³/mol. The SMILES string of the molecule is COC(=O)c1cc(C2CCN(C3CCC(C(=O)O)OC3)CC2)ccc1F. The first-order chi connectivity index (χ1) is 12.5. The standard InChI is InChI=1S/C19H24FNO5/c1-25-19(24)15-10-13(2-4-16(15)20)12-6-8-21(9-7-12)14-3-5-17(18(22)23)26-11-14/h2,4,10,12,14,17H,3,5-9,11H2,1H3,(H,22,23). The molecule has 6 nitrogen and oxygen atoms in total. The van der Waals surface area contributed by atoms with Gasteiger partial charge in [0.25, 0.3) is 0 Å². The zero-order valence-corrected chi connectivity index (χ0v) is 14.8. The number of hydrogen-bond donors (Lipinski definition) is 1. The second-order valence-corrected chi connectivity index (χ2v) is 6.93. The molecule has 0 amide bonds. The van der Waals surface area contributed by atoms with E-state index in [9.17, 15) is 14.0 Å². The van der Waals surface area contributed by atoms with Gasteiger partial charge in [0, 0.05) is 6.04 Å². The van der Waals surface area contributed by atoms with Crippen molar-refractivity contribution in [1.29, 1.82) is 0 Å². The molecule has 2 aliphatic rings. The van der Waals surface area contributed by atoms with Crippen LogP contribution in [0.25, 0.3) is 0 Å². The van der Waals surface area contributed by atoms with Gasteiger partial charge in [0.05, 0.1) is 19.3 Å². The molecule has 2 fully saturated rings. The largest absolute Gasteiger partial charge is 0.479 e. The number of likely N-dealkylation sites (tertiary alicyclic amines) is 1. The lowest BCUT2D eigenvalue weighted by Crippen LogP contribution is -2.47. The van der Waals surface area contributed by atoms with Gasteiger partial charge in [-0.1, -0.05) is 6.07 Å². The fourth-order valence-electron chi connectivity index (χ4n) is 3.88. The van der Waals surface area contributed by atoms with Crippen LogP contribution >= 0.6 is 0 Å². The van der Waals surface area contributed by atoms with Gasteiger partial charge in [-0.2, -0.15) is 0 Å². The summed E-state index contributed by atoms with van der Waals surface area (Å²) in [5.41, 5.74) is 0.935. The number of halogens is 1. The molecule has 0 radical (unpaired) electrons. The number of carbonyl (C=O) groups excluding carboxylic acids is 1. The van der Waals surface area contributed by atoms with E-state index in [2.05, 4.69) is 9.64 Å². The van der Waals surface area contributed by atoms with E-state index >= 15 is 0 Å². The van der Waals surface area contributed by atoms with E-state index in [-0.39, 0.29) is 17.5 Å². The topological polar surface area (TPSA) is 76.1 Å². The Labute approximate surface area is 151 Å². The molecule has 1 N–H and O–H groups in total. The van der Waals surface area contributed by atoms with Gasteiger partial charge in [-0.15, -0.1) is 0 Å². The van der Waals surface area contributed by atoms with Crippen molar-refractivity contribution in [3.8, 4) is 0 Å². The summed E-state index contributed by atoms with van der Waals surface area (Å²) in [5.74, 6) is -1.84. The highest BCUT2D eigenvalue weighted by molar-refractivity contribution is 5.89. The monoisotopic (exact) mass is 365 g/mol. The van der Waals surface area contributed by atoms with E-state index in [1.54, 1.807) is 12.1 Å². The molecular formula is C19H24FNO5. The summed E-state index contributed by atoms with van der Waals surface area (Å²) in [5, 5.41) is 9.00. The van der Waals surface area contributed by atoms with Gasteiger partial charge in [-0.05, 0) is 62.4 Å². The number of esters is 1. The predicted octanol–water partition coefficient (Wildman–Crippen LogP) is 2.42. The van der Waals surface area contributed by atoms with Crippen molar-refractivity contribution < 1.29 is 28.6 Å². The fraction of sp³-hybridized carbons (Fsp3) is 0.579. The summed E-state index contributed by atoms with van der Waals surface area (Å²) < 4.78 is 23.9. The molecule has 3 rings (SSSR count). The summed E-state index contributed by atoms with van der Waals surface area (Å²) in [6, 6.07) is 4.92. The highest BCUT2D eigenvalue weighted by Crippen LogP contribution is 2.31. The molecule has 2 unspecified atom stereocenters. The summed E-state index contributed by atoms with van der Waals surface area (Å²) in [6.45, 7) is 2.20. The molecule has 2 atom stereocenters. The second kappa shape index (κ2) is 8.14. The van der Waals surface area contributed by atoms with Gasteiger partial charge in [-0.3, -0.25) is 4.90 Å². The maximum atomic E-state index is 13.8. The number of ether oxygens (including phenoxy) is 2. The summed E-state index contributed by atoms with van der Waals surface area (Å²) in [6.07, 6.45) is 2.50. The molecule has 142 valence electrons. The molecule has 1 aromatic carbocycles. The second-order valence-electron chi connectivity index (χ2n) is 6.93. The Morgan fingerprint density at radius 3 is 2.54 bits per heavy atom. The Kier molecular flexibility index (Phi) is 5.88. The zero-order chi connectivity index (χ0) is 18.7. The van der Waals surface area contributed by atoms with Crippen molar-refractivity contribution in [2.24, 2.45) is 0 Å². The maximum absolute atomic E-state index is 13.8. The molecule has 2 saturated heterocycles. The van der Waals surface area contributed by atoms with Crippen molar-refractivity contribution in [3.63, 3.8) is 0 Å². The van der Waals surface area contributed by atoms with Crippen LogP contribution in [0, 0.1) is 5.82 Å². The van der Waals surface area contributed by atoms with E-state index in [0.29, 0.717) is 13.0 Å². The van der Waals surface area contributed by atoms with E-state index in [4.69, 9.17) is 9.84 Å². The van der Waals surface area contributed by atoms with Crippen LogP contribution in [0.5, 0.6) is 0 Å². The molecule has 2 heterocycles. The first-order valence-corrected chi connectivity index (χ1v) is 8.95. The van der Waals surface area contributed by atoms with Crippen molar-refractivity contribution in [1.82, 2.24) is 4.90 Å². The van der Waals surface area contributed by atoms with Gasteiger partial charge in [-0.25, -0.2) is 14.0 Å². The Bertz CT molecular complexity index is 664. The van der Waals surface area contributed by atoms with E-state index in [0.717, 1.165) is 37.9 Å². The lowest BCUT2D eigenvalue weighted by atomic mass is 9.87. The fourth-order valence-corrected chi connectivity index (χ4v) is 3.88. The zero-order valence-electron chi connectivity index (χ0n) is 14.8. The number of hydrogen-bond acceptors (Lipinski definition) is 5. The van der Waals surface area contributed by atoms with Gasteiger partial charge in [0.1, 0.15) is 5.82 Å². The first-order valence-electron chi connectivity index (χ1n) is 8.95. The third-order valence-corrected chi connectivity index (χ3v) is 5.44. The van der Waals surface area contributed by atoms with E-state index in [1.165, 1.54) is 13.2 Å². The quantitative estimate of drug-likeness (QED) is 0.826. The number of rotatable bonds is 4. The van der Waals surface area contributed by atoms with Crippen LogP contribution in [-0.4, -0.2) is 60.9 Å². The molecule has 1 aromatic rings. The third-order valence-electron chi connectivity index (χ3n) is 5.44. The van der Waals surface area contributed by atoms with Gasteiger partial charge < -0.3 is 14.6 Å². The average molecular weight is 365 g/mol. The minimum absolute atomic E-state index is 0.0205. The Balaban J connectivity index is 1.57. The van der Waals surface area contributed by atoms with Crippen LogP contribution in [-0.2, 0) is 14.3 Å². The molecule has 0 spiro atoms. The van der Waals surface area contributed by atoms with Gasteiger partial charge in [0.2, 0.25) is 0 Å². The number of methoxy groups -OCH3 is 1. The number of piperidine rings is 1. The van der Waals surface area contributed by atoms with Crippen LogP contribution < -0.4 is 0 Å². The number of benzene rings is 1. The molecule has 0 bridgehead atoms. The summed E-state index contributed by atoms with van der Waals surface area (Å²) in [7, 11) is 1.24. The minimum Gasteiger partial charge on any atom is -0.479 e. The number of aliphatic carboxylic acids is 1. The molecule has 0 aliphatic carbocycles. The number of carboxylic acids is 1. The van der Waals surface area contributed by atoms with E-state index < -0.39 is 23.9 Å². The lowest BCUT2D eigenvalue weighted by molar-refractivity contribution is -0.156. The average Bonchev–Trinajstić information content (AvgIpc) is 2.68. The number of carboxylic acid groups (broad SMARTS) is 1. The van der Waals surface area contributed by atoms with Crippen LogP contribution in [0.15, 0.2) is 18.2 Å². The summed E-state index contributed by atoms with van der Waals surface area (Å²) >= 11 is 0. The van der Waals surface area contributed by atoms with E-state index in [1.807, 2.05) is 0 Å². The first kappa shape index (κ1) is 18.8. The molecule has 0 saturated carbocycles. The molecule has 2 aliphatic heterocycles. The maximum Gasteiger partial charge on any atom is 0.340 e. The van der Waals surface area contributed by atoms with Crippen LogP contribution in [0.3, 0.4) is 0 Å². The summed E-state index contributed by atoms with van der Waals surface area (Å²) in [4.78, 5) is 25.0. The highest BCUT2D eigenvalue weighted by atomic mass is 19.1. The Morgan fingerprint density at radius 2 is 1.96 bits per heavy atom. The lowest BCUT2D eigenvalue weighted by Gasteiger charge is -2.40. The molecule has 7 heteroatoms. The van der Waals surface area contributed by atoms with Crippen molar-refractivity contribution >= 4 is 11.9 Å². The normalized spacial score (nSPS) is 25.0. The van der Waals surface area contributed by atoms with Gasteiger partial charge in [0.15, 0.2) is 6.10 Å².